The molecule has 0 bridgehead atoms. The lowest BCUT2D eigenvalue weighted by atomic mass is 10.2. The van der Waals surface area contributed by atoms with Gasteiger partial charge in [-0.2, -0.15) is 22.0 Å². The van der Waals surface area contributed by atoms with Crippen molar-refractivity contribution >= 4 is 16.9 Å². The zero-order valence-corrected chi connectivity index (χ0v) is 21.2. The highest BCUT2D eigenvalue weighted by molar-refractivity contribution is 5.82. The van der Waals surface area contributed by atoms with Crippen LogP contribution in [0.3, 0.4) is 0 Å². The molecule has 42 heavy (non-hydrogen) atoms. The van der Waals surface area contributed by atoms with Gasteiger partial charge in [0.05, 0.1) is 12.0 Å². The van der Waals surface area contributed by atoms with Crippen molar-refractivity contribution in [3.63, 3.8) is 0 Å². The minimum absolute atomic E-state index is 0.0529. The quantitative estimate of drug-likeness (QED) is 0.0700. The van der Waals surface area contributed by atoms with Crippen LogP contribution in [0.15, 0.2) is 51.7 Å². The smallest absolute Gasteiger partial charge is 0.453 e. The Morgan fingerprint density at radius 2 is 1.48 bits per heavy atom. The number of rotatable bonds is 8. The molecule has 0 radical (unpaired) electrons. The van der Waals surface area contributed by atoms with Gasteiger partial charge in [-0.05, 0) is 38.1 Å². The van der Waals surface area contributed by atoms with E-state index in [0.29, 0.717) is 0 Å². The van der Waals surface area contributed by atoms with E-state index in [9.17, 15) is 44.7 Å². The molecule has 1 unspecified atom stereocenters. The average molecular weight is 604 g/mol. The van der Waals surface area contributed by atoms with Gasteiger partial charge in [0.1, 0.15) is 11.3 Å². The lowest BCUT2D eigenvalue weighted by Gasteiger charge is -2.16. The van der Waals surface area contributed by atoms with Crippen molar-refractivity contribution in [2.24, 2.45) is 0 Å². The molecule has 0 N–H and O–H groups in total. The maximum absolute atomic E-state index is 13.9. The summed E-state index contributed by atoms with van der Waals surface area (Å²) in [4.78, 5) is 25.4. The maximum Gasteiger partial charge on any atom is 0.453 e. The molecule has 1 aromatic heterocycles. The molecule has 0 spiro atoms. The number of benzene rings is 3. The third kappa shape index (κ3) is 5.80. The number of carbonyl (C=O) groups excluding carboxylic acids is 1. The van der Waals surface area contributed by atoms with Crippen LogP contribution in [0.2, 0.25) is 0 Å². The van der Waals surface area contributed by atoms with Gasteiger partial charge in [-0.1, -0.05) is 12.1 Å². The second-order valence-electron chi connectivity index (χ2n) is 8.31. The lowest BCUT2D eigenvalue weighted by Crippen LogP contribution is -2.29. The summed E-state index contributed by atoms with van der Waals surface area (Å²) in [5.74, 6) is -18.7. The Labute approximate surface area is 229 Å². The topological polar surface area (TPSA) is 84.2 Å². The van der Waals surface area contributed by atoms with Crippen molar-refractivity contribution in [3.8, 4) is 28.7 Å². The van der Waals surface area contributed by atoms with Gasteiger partial charge in [0.25, 0.3) is 5.76 Å². The number of hydrogen-bond acceptors (Lipinski definition) is 7. The van der Waals surface area contributed by atoms with Crippen LogP contribution in [-0.2, 0) is 11.0 Å². The number of halogens is 8. The number of carbonyl (C=O) groups is 1. The molecule has 0 amide bonds. The molecule has 0 aliphatic rings. The number of para-hydroxylation sites is 2. The fourth-order valence-electron chi connectivity index (χ4n) is 3.53. The molecule has 15 heteroatoms. The van der Waals surface area contributed by atoms with E-state index in [1.807, 2.05) is 0 Å². The van der Waals surface area contributed by atoms with Gasteiger partial charge >= 0.3 is 12.1 Å². The van der Waals surface area contributed by atoms with Gasteiger partial charge in [0.2, 0.25) is 40.3 Å². The van der Waals surface area contributed by atoms with Crippen LogP contribution in [0.4, 0.5) is 35.1 Å². The van der Waals surface area contributed by atoms with Crippen molar-refractivity contribution in [1.29, 1.82) is 0 Å². The highest BCUT2D eigenvalue weighted by Gasteiger charge is 2.41. The van der Waals surface area contributed by atoms with Crippen molar-refractivity contribution in [2.75, 3.05) is 6.61 Å². The Morgan fingerprint density at radius 3 is 2.07 bits per heavy atom. The normalized spacial score (nSPS) is 12.2. The first kappa shape index (κ1) is 30.1. The average Bonchev–Trinajstić information content (AvgIpc) is 2.94. The lowest BCUT2D eigenvalue weighted by molar-refractivity contribution is -0.154. The molecule has 0 saturated heterocycles. The van der Waals surface area contributed by atoms with Crippen molar-refractivity contribution in [1.82, 2.24) is 0 Å². The van der Waals surface area contributed by atoms with E-state index >= 15 is 0 Å². The van der Waals surface area contributed by atoms with E-state index in [0.717, 1.165) is 25.1 Å². The fraction of sp³-hybridized carbons (Fsp3) is 0.185. The fourth-order valence-corrected chi connectivity index (χ4v) is 3.53. The second-order valence-corrected chi connectivity index (χ2v) is 8.31. The van der Waals surface area contributed by atoms with Crippen LogP contribution in [0.25, 0.3) is 11.0 Å². The van der Waals surface area contributed by atoms with Gasteiger partial charge in [0.15, 0.2) is 23.4 Å². The van der Waals surface area contributed by atoms with Crippen LogP contribution >= 0.6 is 0 Å². The van der Waals surface area contributed by atoms with Gasteiger partial charge in [0, 0.05) is 6.07 Å². The Bertz CT molecular complexity index is 1700. The molecule has 4 aromatic rings. The first-order chi connectivity index (χ1) is 19.7. The SMILES string of the molecule is CCOc1ccccc1Oc1c(C(F)(F)F)oc2cc(OC(=O)C(C)Oc3c(F)c(F)c(F)c(F)c3F)ccc2c1=O. The summed E-state index contributed by atoms with van der Waals surface area (Å²) in [7, 11) is 0. The van der Waals surface area contributed by atoms with E-state index in [-0.39, 0.29) is 18.1 Å². The number of ether oxygens (including phenoxy) is 4. The summed E-state index contributed by atoms with van der Waals surface area (Å²) >= 11 is 0. The molecule has 4 rings (SSSR count). The summed E-state index contributed by atoms with van der Waals surface area (Å²) < 4.78 is 135. The maximum atomic E-state index is 13.9. The number of esters is 1. The standard InChI is InChI=1S/C27H16F8O7/c1-3-38-14-6-4-5-7-15(14)41-24-22(36)13-9-8-12(10-16(13)42-25(24)27(33,34)35)40-26(37)11(2)39-23-20(31)18(29)17(28)19(30)21(23)32/h4-11H,3H2,1-2H3. The third-order valence-corrected chi connectivity index (χ3v) is 5.46. The number of hydrogen-bond donors (Lipinski definition) is 0. The van der Waals surface area contributed by atoms with Crippen molar-refractivity contribution < 1.29 is 63.3 Å². The van der Waals surface area contributed by atoms with Crippen molar-refractivity contribution in [3.05, 3.63) is 87.5 Å². The highest BCUT2D eigenvalue weighted by atomic mass is 19.4. The molecule has 1 heterocycles. The molecule has 222 valence electrons. The summed E-state index contributed by atoms with van der Waals surface area (Å²) in [5, 5.41) is -0.419. The van der Waals surface area contributed by atoms with Crippen LogP contribution in [0.1, 0.15) is 19.6 Å². The Morgan fingerprint density at radius 1 is 0.881 bits per heavy atom. The molecule has 0 aliphatic carbocycles. The first-order valence-electron chi connectivity index (χ1n) is 11.7. The molecular weight excluding hydrogens is 588 g/mol. The Hall–Kier alpha value is -4.82. The van der Waals surface area contributed by atoms with Crippen LogP contribution in [0.5, 0.6) is 28.7 Å². The monoisotopic (exact) mass is 604 g/mol. The predicted molar refractivity (Wildman–Crippen MR) is 127 cm³/mol. The van der Waals surface area contributed by atoms with E-state index in [2.05, 4.69) is 4.74 Å². The van der Waals surface area contributed by atoms with Crippen LogP contribution in [-0.4, -0.2) is 18.7 Å². The van der Waals surface area contributed by atoms with E-state index in [4.69, 9.17) is 18.6 Å². The van der Waals surface area contributed by atoms with Gasteiger partial charge in [-0.3, -0.25) is 4.79 Å². The molecule has 1 atom stereocenters. The predicted octanol–water partition coefficient (Wildman–Crippen LogP) is 7.07. The molecular formula is C27H16F8O7. The third-order valence-electron chi connectivity index (χ3n) is 5.46. The zero-order valence-electron chi connectivity index (χ0n) is 21.2. The minimum Gasteiger partial charge on any atom is -0.490 e. The van der Waals surface area contributed by atoms with Gasteiger partial charge < -0.3 is 23.4 Å². The largest absolute Gasteiger partial charge is 0.490 e. The first-order valence-corrected chi connectivity index (χ1v) is 11.7. The van der Waals surface area contributed by atoms with E-state index < -0.39 is 86.7 Å². The molecule has 0 fully saturated rings. The Balaban J connectivity index is 1.66. The van der Waals surface area contributed by atoms with Gasteiger partial charge in [-0.25, -0.2) is 18.0 Å². The summed E-state index contributed by atoms with van der Waals surface area (Å²) in [6.07, 6.45) is -7.21. The Kier molecular flexibility index (Phi) is 8.31. The summed E-state index contributed by atoms with van der Waals surface area (Å²) in [5.41, 5.74) is -1.94. The van der Waals surface area contributed by atoms with E-state index in [1.165, 1.54) is 24.3 Å². The molecule has 0 aliphatic heterocycles. The second kappa shape index (κ2) is 11.6. The highest BCUT2D eigenvalue weighted by Crippen LogP contribution is 2.40. The number of fused-ring (bicyclic) bond motifs is 1. The molecule has 0 saturated carbocycles. The molecule has 3 aromatic carbocycles. The van der Waals surface area contributed by atoms with Crippen molar-refractivity contribution in [2.45, 2.75) is 26.1 Å². The van der Waals surface area contributed by atoms with Crippen LogP contribution in [0, 0.1) is 29.1 Å². The van der Waals surface area contributed by atoms with Crippen LogP contribution < -0.4 is 24.4 Å². The molecule has 7 nitrogen and oxygen atoms in total. The minimum atomic E-state index is -5.23. The summed E-state index contributed by atoms with van der Waals surface area (Å²) in [6, 6.07) is 8.29. The van der Waals surface area contributed by atoms with E-state index in [1.54, 1.807) is 6.92 Å². The van der Waals surface area contributed by atoms with Gasteiger partial charge in [-0.15, -0.1) is 0 Å². The zero-order chi connectivity index (χ0) is 30.9. The number of alkyl halides is 3. The summed E-state index contributed by atoms with van der Waals surface area (Å²) in [6.45, 7) is 2.61.